The quantitative estimate of drug-likeness (QED) is 0.544. The van der Waals surface area contributed by atoms with Crippen LogP contribution in [0.2, 0.25) is 0 Å². The highest BCUT2D eigenvalue weighted by Crippen LogP contribution is 2.25. The maximum absolute atomic E-state index is 3.30. The van der Waals surface area contributed by atoms with Crippen molar-refractivity contribution in [2.45, 2.75) is 27.7 Å². The van der Waals surface area contributed by atoms with Crippen LogP contribution in [0.3, 0.4) is 0 Å². The molecule has 1 aliphatic rings. The van der Waals surface area contributed by atoms with Gasteiger partial charge in [-0.1, -0.05) is 45.9 Å². The molecule has 0 aromatic heterocycles. The third-order valence-corrected chi connectivity index (χ3v) is 2.15. The highest BCUT2D eigenvalue weighted by Gasteiger charge is 2.17. The first kappa shape index (κ1) is 9.37. The molecule has 68 valence electrons. The van der Waals surface area contributed by atoms with Crippen LogP contribution >= 0.6 is 0 Å². The number of nitrogens with one attached hydrogen (secondary N) is 1. The highest BCUT2D eigenvalue weighted by atomic mass is 14.8. The van der Waals surface area contributed by atoms with Gasteiger partial charge in [0.2, 0.25) is 0 Å². The third kappa shape index (κ3) is 2.72. The van der Waals surface area contributed by atoms with E-state index in [1.54, 1.807) is 0 Å². The van der Waals surface area contributed by atoms with Crippen LogP contribution < -0.4 is 5.32 Å². The molecule has 1 N–H and O–H groups in total. The van der Waals surface area contributed by atoms with Crippen LogP contribution in [0.4, 0.5) is 0 Å². The molecule has 0 atom stereocenters. The van der Waals surface area contributed by atoms with E-state index < -0.39 is 0 Å². The van der Waals surface area contributed by atoms with Gasteiger partial charge in [-0.15, -0.1) is 0 Å². The van der Waals surface area contributed by atoms with Gasteiger partial charge in [-0.05, 0) is 11.6 Å². The van der Waals surface area contributed by atoms with Gasteiger partial charge in [0, 0.05) is 12.0 Å². The van der Waals surface area contributed by atoms with Gasteiger partial charge in [-0.25, -0.2) is 0 Å². The van der Waals surface area contributed by atoms with E-state index in [1.807, 2.05) is 0 Å². The fourth-order valence-electron chi connectivity index (χ4n) is 1.15. The van der Waals surface area contributed by atoms with Gasteiger partial charge in [0.25, 0.3) is 0 Å². The van der Waals surface area contributed by atoms with Gasteiger partial charge in [-0.2, -0.15) is 0 Å². The molecule has 0 spiro atoms. The van der Waals surface area contributed by atoms with E-state index in [1.165, 1.54) is 0 Å². The third-order valence-electron chi connectivity index (χ3n) is 2.15. The summed E-state index contributed by atoms with van der Waals surface area (Å²) < 4.78 is 0. The fraction of sp³-hybridized carbons (Fsp3) is 0.636. The molecular formula is C11H19N. The van der Waals surface area contributed by atoms with Gasteiger partial charge >= 0.3 is 0 Å². The van der Waals surface area contributed by atoms with E-state index in [0.717, 1.165) is 6.54 Å². The number of allylic oxidation sites excluding steroid dienone is 2. The molecular weight excluding hydrogens is 146 g/mol. The van der Waals surface area contributed by atoms with Crippen LogP contribution in [0.25, 0.3) is 0 Å². The van der Waals surface area contributed by atoms with Crippen molar-refractivity contribution in [3.05, 3.63) is 24.4 Å². The van der Waals surface area contributed by atoms with Crippen molar-refractivity contribution < 1.29 is 0 Å². The van der Waals surface area contributed by atoms with Gasteiger partial charge < -0.3 is 5.32 Å². The summed E-state index contributed by atoms with van der Waals surface area (Å²) in [6, 6.07) is 0. The largest absolute Gasteiger partial charge is 0.390 e. The molecule has 1 rings (SSSR count). The summed E-state index contributed by atoms with van der Waals surface area (Å²) in [6.07, 6.45) is 8.83. The lowest BCUT2D eigenvalue weighted by atomic mass is 9.85. The summed E-state index contributed by atoms with van der Waals surface area (Å²) in [4.78, 5) is 0. The Balaban J connectivity index is 2.81. The van der Waals surface area contributed by atoms with Crippen molar-refractivity contribution in [1.82, 2.24) is 5.32 Å². The van der Waals surface area contributed by atoms with Crippen molar-refractivity contribution in [1.29, 1.82) is 0 Å². The van der Waals surface area contributed by atoms with Crippen LogP contribution in [0.1, 0.15) is 27.7 Å². The van der Waals surface area contributed by atoms with E-state index in [4.69, 9.17) is 0 Å². The lowest BCUT2D eigenvalue weighted by Crippen LogP contribution is -2.26. The van der Waals surface area contributed by atoms with Crippen LogP contribution in [0.15, 0.2) is 24.4 Å². The minimum Gasteiger partial charge on any atom is -0.390 e. The van der Waals surface area contributed by atoms with Gasteiger partial charge in [-0.3, -0.25) is 0 Å². The summed E-state index contributed by atoms with van der Waals surface area (Å²) >= 11 is 0. The lowest BCUT2D eigenvalue weighted by Gasteiger charge is -2.26. The second kappa shape index (κ2) is 2.96. The van der Waals surface area contributed by atoms with Gasteiger partial charge in [0.05, 0.1) is 0 Å². The molecule has 0 saturated heterocycles. The molecule has 0 unspecified atom stereocenters. The summed E-state index contributed by atoms with van der Waals surface area (Å²) in [5, 5.41) is 3.30. The zero-order valence-corrected chi connectivity index (χ0v) is 8.52. The second-order valence-electron chi connectivity index (χ2n) is 4.86. The Kier molecular flexibility index (Phi) is 2.31. The molecule has 0 bridgehead atoms. The van der Waals surface area contributed by atoms with Crippen molar-refractivity contribution in [3.8, 4) is 0 Å². The Bertz CT molecular complexity index is 209. The Morgan fingerprint density at radius 3 is 2.33 bits per heavy atom. The molecule has 0 saturated carbocycles. The van der Waals surface area contributed by atoms with Gasteiger partial charge in [0.1, 0.15) is 0 Å². The first-order chi connectivity index (χ1) is 5.41. The summed E-state index contributed by atoms with van der Waals surface area (Å²) in [5.74, 6) is 0. The Labute approximate surface area is 75.6 Å². The molecule has 0 aromatic carbocycles. The second-order valence-corrected chi connectivity index (χ2v) is 4.86. The van der Waals surface area contributed by atoms with Crippen LogP contribution in [0, 0.1) is 10.8 Å². The summed E-state index contributed by atoms with van der Waals surface area (Å²) in [5.41, 5.74) is 0.451. The SMILES string of the molecule is CC1(C)/C=C\NCC(C)(C)/C=C\1. The maximum Gasteiger partial charge on any atom is 0.0227 e. The van der Waals surface area contributed by atoms with Crippen molar-refractivity contribution in [2.75, 3.05) is 6.54 Å². The predicted octanol–water partition coefficient (Wildman–Crippen LogP) is 2.71. The molecule has 0 fully saturated rings. The lowest BCUT2D eigenvalue weighted by molar-refractivity contribution is 0.446. The molecule has 1 heterocycles. The number of hydrogen-bond acceptors (Lipinski definition) is 1. The molecule has 0 radical (unpaired) electrons. The topological polar surface area (TPSA) is 12.0 Å². The molecule has 12 heavy (non-hydrogen) atoms. The molecule has 0 amide bonds. The van der Waals surface area contributed by atoms with E-state index in [-0.39, 0.29) is 10.8 Å². The zero-order valence-electron chi connectivity index (χ0n) is 8.52. The Morgan fingerprint density at radius 1 is 1.00 bits per heavy atom. The summed E-state index contributed by atoms with van der Waals surface area (Å²) in [7, 11) is 0. The van der Waals surface area contributed by atoms with E-state index >= 15 is 0 Å². The zero-order chi connectivity index (χ0) is 9.24. The van der Waals surface area contributed by atoms with Crippen molar-refractivity contribution >= 4 is 0 Å². The Hall–Kier alpha value is -0.720. The van der Waals surface area contributed by atoms with Crippen LogP contribution in [0.5, 0.6) is 0 Å². The smallest absolute Gasteiger partial charge is 0.0227 e. The Morgan fingerprint density at radius 2 is 1.67 bits per heavy atom. The minimum atomic E-state index is 0.185. The highest BCUT2D eigenvalue weighted by molar-refractivity contribution is 5.12. The first-order valence-corrected chi connectivity index (χ1v) is 4.53. The van der Waals surface area contributed by atoms with E-state index in [2.05, 4.69) is 57.4 Å². The average molecular weight is 165 g/mol. The van der Waals surface area contributed by atoms with Crippen molar-refractivity contribution in [2.24, 2.45) is 10.8 Å². The molecule has 0 aromatic rings. The molecule has 1 nitrogen and oxygen atoms in total. The van der Waals surface area contributed by atoms with E-state index in [9.17, 15) is 0 Å². The molecule has 1 heteroatoms. The maximum atomic E-state index is 3.30. The number of hydrogen-bond donors (Lipinski definition) is 1. The standard InChI is InChI=1S/C11H19N/c1-10(2)5-6-11(3,4)9-12-8-7-10/h5-8,12H,9H2,1-4H3/b6-5-,8-7-. The van der Waals surface area contributed by atoms with Crippen LogP contribution in [-0.2, 0) is 0 Å². The van der Waals surface area contributed by atoms with Crippen molar-refractivity contribution in [3.63, 3.8) is 0 Å². The monoisotopic (exact) mass is 165 g/mol. The van der Waals surface area contributed by atoms with Gasteiger partial charge in [0.15, 0.2) is 0 Å². The summed E-state index contributed by atoms with van der Waals surface area (Å²) in [6.45, 7) is 9.92. The average Bonchev–Trinajstić information content (AvgIpc) is 1.94. The predicted molar refractivity (Wildman–Crippen MR) is 53.8 cm³/mol. The molecule has 0 aliphatic carbocycles. The molecule has 1 aliphatic heterocycles. The van der Waals surface area contributed by atoms with E-state index in [0.29, 0.717) is 0 Å². The number of rotatable bonds is 0. The van der Waals surface area contributed by atoms with Crippen LogP contribution in [-0.4, -0.2) is 6.54 Å². The normalized spacial score (nSPS) is 31.0. The fourth-order valence-corrected chi connectivity index (χ4v) is 1.15. The minimum absolute atomic E-state index is 0.185. The first-order valence-electron chi connectivity index (χ1n) is 4.53.